The number of para-hydroxylation sites is 1. The standard InChI is InChI=1S/C15H27NO2Si/c1-6-17-19(5,18-7-2)15(13(3)4)16-14-11-9-8-10-12-14/h8-13,15-16H,6-7H2,1-5H3. The fraction of sp³-hybridized carbons (Fsp3) is 0.600. The highest BCUT2D eigenvalue weighted by Crippen LogP contribution is 2.23. The van der Waals surface area contributed by atoms with Crippen LogP contribution in [-0.2, 0) is 8.85 Å². The summed E-state index contributed by atoms with van der Waals surface area (Å²) in [6, 6.07) is 10.3. The lowest BCUT2D eigenvalue weighted by Crippen LogP contribution is -2.57. The average Bonchev–Trinajstić information content (AvgIpc) is 2.37. The van der Waals surface area contributed by atoms with E-state index in [0.717, 1.165) is 5.69 Å². The van der Waals surface area contributed by atoms with Crippen LogP contribution in [0.2, 0.25) is 6.55 Å². The molecule has 1 atom stereocenters. The maximum atomic E-state index is 6.02. The lowest BCUT2D eigenvalue weighted by molar-refractivity contribution is 0.176. The Morgan fingerprint density at radius 2 is 1.58 bits per heavy atom. The molecular weight excluding hydrogens is 254 g/mol. The van der Waals surface area contributed by atoms with E-state index in [1.165, 1.54) is 0 Å². The first-order valence-electron chi connectivity index (χ1n) is 7.13. The van der Waals surface area contributed by atoms with Crippen LogP contribution in [0.15, 0.2) is 30.3 Å². The molecule has 3 nitrogen and oxygen atoms in total. The molecule has 0 radical (unpaired) electrons. The summed E-state index contributed by atoms with van der Waals surface area (Å²) >= 11 is 0. The van der Waals surface area contributed by atoms with Crippen molar-refractivity contribution in [2.45, 2.75) is 39.9 Å². The summed E-state index contributed by atoms with van der Waals surface area (Å²) in [5, 5.41) is 3.60. The molecule has 1 aromatic carbocycles. The third-order valence-corrected chi connectivity index (χ3v) is 6.85. The van der Waals surface area contributed by atoms with Crippen molar-refractivity contribution in [2.75, 3.05) is 18.5 Å². The van der Waals surface area contributed by atoms with Gasteiger partial charge in [0.15, 0.2) is 0 Å². The third-order valence-electron chi connectivity index (χ3n) is 3.19. The highest BCUT2D eigenvalue weighted by atomic mass is 28.4. The monoisotopic (exact) mass is 281 g/mol. The van der Waals surface area contributed by atoms with Crippen molar-refractivity contribution in [3.8, 4) is 0 Å². The summed E-state index contributed by atoms with van der Waals surface area (Å²) in [4.78, 5) is 0. The van der Waals surface area contributed by atoms with Crippen molar-refractivity contribution in [1.29, 1.82) is 0 Å². The van der Waals surface area contributed by atoms with Crippen molar-refractivity contribution in [3.05, 3.63) is 30.3 Å². The van der Waals surface area contributed by atoms with Crippen LogP contribution in [-0.4, -0.2) is 27.4 Å². The van der Waals surface area contributed by atoms with Crippen molar-refractivity contribution >= 4 is 14.2 Å². The molecule has 0 bridgehead atoms. The normalized spacial score (nSPS) is 13.6. The lowest BCUT2D eigenvalue weighted by atomic mass is 10.2. The zero-order valence-electron chi connectivity index (χ0n) is 12.8. The number of hydrogen-bond donors (Lipinski definition) is 1. The Morgan fingerprint density at radius 3 is 2.00 bits per heavy atom. The molecule has 0 heterocycles. The van der Waals surface area contributed by atoms with Gasteiger partial charge in [-0.25, -0.2) is 0 Å². The topological polar surface area (TPSA) is 30.5 Å². The molecule has 0 aliphatic carbocycles. The summed E-state index contributed by atoms with van der Waals surface area (Å²) in [5.74, 6) is 0.454. The maximum Gasteiger partial charge on any atom is 0.358 e. The van der Waals surface area contributed by atoms with Gasteiger partial charge in [0.1, 0.15) is 0 Å². The summed E-state index contributed by atoms with van der Waals surface area (Å²) in [5.41, 5.74) is 1.36. The molecule has 1 N–H and O–H groups in total. The highest BCUT2D eigenvalue weighted by Gasteiger charge is 2.42. The smallest absolute Gasteiger partial charge is 0.358 e. The van der Waals surface area contributed by atoms with E-state index in [-0.39, 0.29) is 5.67 Å². The Morgan fingerprint density at radius 1 is 1.05 bits per heavy atom. The molecule has 0 aliphatic heterocycles. The Bertz CT molecular complexity index is 350. The number of hydrogen-bond acceptors (Lipinski definition) is 3. The van der Waals surface area contributed by atoms with Crippen LogP contribution >= 0.6 is 0 Å². The largest absolute Gasteiger partial charge is 0.394 e. The third kappa shape index (κ3) is 4.64. The van der Waals surface area contributed by atoms with Gasteiger partial charge in [0.25, 0.3) is 0 Å². The van der Waals surface area contributed by atoms with Crippen LogP contribution in [0, 0.1) is 5.92 Å². The van der Waals surface area contributed by atoms with E-state index in [1.54, 1.807) is 0 Å². The Balaban J connectivity index is 2.91. The quantitative estimate of drug-likeness (QED) is 0.735. The van der Waals surface area contributed by atoms with Crippen LogP contribution in [0.5, 0.6) is 0 Å². The molecule has 0 fully saturated rings. The van der Waals surface area contributed by atoms with E-state index < -0.39 is 8.56 Å². The zero-order chi connectivity index (χ0) is 14.3. The second kappa shape index (κ2) is 7.67. The van der Waals surface area contributed by atoms with Crippen LogP contribution in [0.4, 0.5) is 5.69 Å². The number of anilines is 1. The molecule has 1 rings (SSSR count). The molecule has 4 heteroatoms. The second-order valence-electron chi connectivity index (χ2n) is 5.11. The zero-order valence-corrected chi connectivity index (χ0v) is 13.8. The summed E-state index contributed by atoms with van der Waals surface area (Å²) in [6.45, 7) is 12.0. The van der Waals surface area contributed by atoms with E-state index in [4.69, 9.17) is 8.85 Å². The molecule has 0 aromatic heterocycles. The van der Waals surface area contributed by atoms with Gasteiger partial charge in [-0.3, -0.25) is 0 Å². The van der Waals surface area contributed by atoms with Gasteiger partial charge < -0.3 is 14.2 Å². The molecular formula is C15H27NO2Si. The van der Waals surface area contributed by atoms with E-state index in [2.05, 4.69) is 37.8 Å². The fourth-order valence-electron chi connectivity index (χ4n) is 2.41. The Labute approximate surface area is 118 Å². The maximum absolute atomic E-state index is 6.02. The first-order chi connectivity index (χ1) is 9.03. The predicted molar refractivity (Wildman–Crippen MR) is 83.6 cm³/mol. The van der Waals surface area contributed by atoms with Gasteiger partial charge in [0, 0.05) is 18.9 Å². The van der Waals surface area contributed by atoms with E-state index >= 15 is 0 Å². The molecule has 0 saturated carbocycles. The lowest BCUT2D eigenvalue weighted by Gasteiger charge is -2.37. The van der Waals surface area contributed by atoms with Crippen LogP contribution in [0.1, 0.15) is 27.7 Å². The average molecular weight is 281 g/mol. The van der Waals surface area contributed by atoms with Crippen molar-refractivity contribution in [1.82, 2.24) is 0 Å². The van der Waals surface area contributed by atoms with Crippen molar-refractivity contribution in [3.63, 3.8) is 0 Å². The predicted octanol–water partition coefficient (Wildman–Crippen LogP) is 3.81. The fourth-order valence-corrected chi connectivity index (χ4v) is 5.64. The van der Waals surface area contributed by atoms with Crippen molar-refractivity contribution < 1.29 is 8.85 Å². The van der Waals surface area contributed by atoms with Gasteiger partial charge in [0.05, 0.1) is 5.67 Å². The van der Waals surface area contributed by atoms with Gasteiger partial charge in [-0.05, 0) is 38.4 Å². The molecule has 108 valence electrons. The van der Waals surface area contributed by atoms with Crippen LogP contribution in [0.25, 0.3) is 0 Å². The van der Waals surface area contributed by atoms with Gasteiger partial charge >= 0.3 is 8.56 Å². The minimum atomic E-state index is -2.24. The molecule has 1 unspecified atom stereocenters. The molecule has 0 amide bonds. The molecule has 1 aromatic rings. The van der Waals surface area contributed by atoms with E-state index in [0.29, 0.717) is 19.1 Å². The van der Waals surface area contributed by atoms with Gasteiger partial charge in [-0.1, -0.05) is 32.0 Å². The SMILES string of the molecule is CCO[Si](C)(OCC)C(Nc1ccccc1)C(C)C. The number of rotatable bonds is 8. The molecule has 0 spiro atoms. The van der Waals surface area contributed by atoms with Crippen molar-refractivity contribution in [2.24, 2.45) is 5.92 Å². The summed E-state index contributed by atoms with van der Waals surface area (Å²) in [6.07, 6.45) is 0. The van der Waals surface area contributed by atoms with Gasteiger partial charge in [-0.15, -0.1) is 0 Å². The minimum Gasteiger partial charge on any atom is -0.394 e. The summed E-state index contributed by atoms with van der Waals surface area (Å²) < 4.78 is 12.0. The number of nitrogens with one attached hydrogen (secondary N) is 1. The van der Waals surface area contributed by atoms with Crippen LogP contribution < -0.4 is 5.32 Å². The van der Waals surface area contributed by atoms with E-state index in [9.17, 15) is 0 Å². The minimum absolute atomic E-state index is 0.231. The Hall–Kier alpha value is -0.843. The van der Waals surface area contributed by atoms with Gasteiger partial charge in [0.2, 0.25) is 0 Å². The molecule has 0 aliphatic rings. The molecule has 0 saturated heterocycles. The second-order valence-corrected chi connectivity index (χ2v) is 8.35. The first-order valence-corrected chi connectivity index (χ1v) is 9.52. The van der Waals surface area contributed by atoms with Crippen LogP contribution in [0.3, 0.4) is 0 Å². The molecule has 19 heavy (non-hydrogen) atoms. The first kappa shape index (κ1) is 16.2. The van der Waals surface area contributed by atoms with Gasteiger partial charge in [-0.2, -0.15) is 0 Å². The summed E-state index contributed by atoms with van der Waals surface area (Å²) in [7, 11) is -2.24. The van der Waals surface area contributed by atoms with E-state index in [1.807, 2.05) is 32.0 Å². The highest BCUT2D eigenvalue weighted by molar-refractivity contribution is 6.68. The number of benzene rings is 1. The Kier molecular flexibility index (Phi) is 6.55.